The minimum atomic E-state index is 0.220. The molecule has 0 radical (unpaired) electrons. The van der Waals surface area contributed by atoms with Gasteiger partial charge in [0.25, 0.3) is 0 Å². The van der Waals surface area contributed by atoms with Crippen LogP contribution in [0.4, 0.5) is 11.4 Å². The number of rotatable bonds is 8. The molecular weight excluding hydrogens is 462 g/mol. The highest BCUT2D eigenvalue weighted by atomic mass is 15.3. The topological polar surface area (TPSA) is 18.8 Å². The van der Waals surface area contributed by atoms with Gasteiger partial charge in [0.05, 0.1) is 17.4 Å². The van der Waals surface area contributed by atoms with Crippen molar-refractivity contribution in [2.45, 2.75) is 166 Å². The lowest BCUT2D eigenvalue weighted by Gasteiger charge is -2.44. The standard InChI is InChI=1S/C35H53N3/c1-27(28-17-7-2-8-18-28)36-33-34(37(29-19-9-3-10-20-29)30-21-11-4-12-22-30)35(33)38(31-23-13-5-14-24-31)32-25-15-6-16-26-32/h2,7-8,17-18,27,29-32H,3-6,9-16,19-26H2,1H3. The molecule has 0 N–H and O–H groups in total. The molecule has 1 atom stereocenters. The van der Waals surface area contributed by atoms with Crippen LogP contribution in [0, 0.1) is 0 Å². The lowest BCUT2D eigenvalue weighted by atomic mass is 9.88. The van der Waals surface area contributed by atoms with Crippen LogP contribution in [-0.2, 0) is 0 Å². The minimum Gasteiger partial charge on any atom is -0.362 e. The summed E-state index contributed by atoms with van der Waals surface area (Å²) in [6, 6.07) is 14.2. The maximum absolute atomic E-state index is 5.60. The minimum absolute atomic E-state index is 0.220. The average Bonchev–Trinajstić information content (AvgIpc) is 3.67. The van der Waals surface area contributed by atoms with Crippen molar-refractivity contribution in [2.24, 2.45) is 4.99 Å². The van der Waals surface area contributed by atoms with Gasteiger partial charge in [0.15, 0.2) is 0 Å². The zero-order valence-corrected chi connectivity index (χ0v) is 24.3. The van der Waals surface area contributed by atoms with E-state index in [1.54, 1.807) is 11.4 Å². The lowest BCUT2D eigenvalue weighted by molar-refractivity contribution is 0.335. The summed E-state index contributed by atoms with van der Waals surface area (Å²) in [5.41, 5.74) is 4.58. The highest BCUT2D eigenvalue weighted by molar-refractivity contribution is 5.86. The Morgan fingerprint density at radius 1 is 0.526 bits per heavy atom. The van der Waals surface area contributed by atoms with Crippen LogP contribution < -0.4 is 15.2 Å². The van der Waals surface area contributed by atoms with E-state index in [9.17, 15) is 0 Å². The molecule has 4 fully saturated rings. The summed E-state index contributed by atoms with van der Waals surface area (Å²) >= 11 is 0. The molecule has 0 spiro atoms. The Bertz CT molecular complexity index is 902. The van der Waals surface area contributed by atoms with Crippen molar-refractivity contribution in [3.8, 4) is 0 Å². The SMILES string of the molecule is CC(N=c1c(N(C2CCCCC2)C2CCCCC2)c1N(C1CCCCC1)C1CCCCC1)c1ccccc1. The first kappa shape index (κ1) is 26.5. The van der Waals surface area contributed by atoms with Gasteiger partial charge in [-0.2, -0.15) is 0 Å². The summed E-state index contributed by atoms with van der Waals surface area (Å²) in [6.07, 6.45) is 28.2. The first-order chi connectivity index (χ1) is 18.8. The molecule has 1 unspecified atom stereocenters. The Kier molecular flexibility index (Phi) is 8.77. The summed E-state index contributed by atoms with van der Waals surface area (Å²) in [5, 5.41) is 1.41. The number of hydrogen-bond donors (Lipinski definition) is 0. The number of anilines is 2. The van der Waals surface area contributed by atoms with E-state index in [0.29, 0.717) is 0 Å². The Labute approximate surface area is 232 Å². The summed E-state index contributed by atoms with van der Waals surface area (Å²) in [6.45, 7) is 2.33. The van der Waals surface area contributed by atoms with Crippen molar-refractivity contribution in [1.29, 1.82) is 0 Å². The quantitative estimate of drug-likeness (QED) is 0.349. The highest BCUT2D eigenvalue weighted by Gasteiger charge is 2.42. The molecule has 0 heterocycles. The third-order valence-electron chi connectivity index (χ3n) is 10.6. The molecule has 2 aromatic rings. The number of hydrogen-bond acceptors (Lipinski definition) is 3. The molecule has 4 aliphatic rings. The van der Waals surface area contributed by atoms with Crippen LogP contribution >= 0.6 is 0 Å². The van der Waals surface area contributed by atoms with E-state index in [0.717, 1.165) is 24.2 Å². The van der Waals surface area contributed by atoms with Crippen LogP contribution in [-0.4, -0.2) is 24.2 Å². The lowest BCUT2D eigenvalue weighted by Crippen LogP contribution is -2.46. The molecule has 0 bridgehead atoms. The van der Waals surface area contributed by atoms with Gasteiger partial charge in [-0.15, -0.1) is 0 Å². The molecule has 6 rings (SSSR count). The van der Waals surface area contributed by atoms with E-state index in [-0.39, 0.29) is 6.04 Å². The molecule has 0 aromatic heterocycles. The molecule has 0 aliphatic heterocycles. The fourth-order valence-corrected chi connectivity index (χ4v) is 8.53. The second kappa shape index (κ2) is 12.6. The van der Waals surface area contributed by atoms with Gasteiger partial charge < -0.3 is 9.80 Å². The van der Waals surface area contributed by atoms with Crippen LogP contribution in [0.3, 0.4) is 0 Å². The molecule has 2 aromatic carbocycles. The van der Waals surface area contributed by atoms with Crippen molar-refractivity contribution in [3.63, 3.8) is 0 Å². The zero-order valence-electron chi connectivity index (χ0n) is 24.3. The smallest absolute Gasteiger partial charge is 0.109 e. The fourth-order valence-electron chi connectivity index (χ4n) is 8.53. The second-order valence-corrected chi connectivity index (χ2v) is 13.2. The maximum Gasteiger partial charge on any atom is 0.109 e. The van der Waals surface area contributed by atoms with Crippen LogP contribution in [0.15, 0.2) is 35.3 Å². The van der Waals surface area contributed by atoms with Gasteiger partial charge in [-0.25, -0.2) is 0 Å². The normalized spacial score (nSPS) is 23.9. The molecular formula is C35H53N3. The van der Waals surface area contributed by atoms with Crippen molar-refractivity contribution >= 4 is 11.4 Å². The molecule has 3 heteroatoms. The Morgan fingerprint density at radius 2 is 0.868 bits per heavy atom. The van der Waals surface area contributed by atoms with Crippen LogP contribution in [0.1, 0.15) is 147 Å². The van der Waals surface area contributed by atoms with Gasteiger partial charge in [0.2, 0.25) is 0 Å². The van der Waals surface area contributed by atoms with Gasteiger partial charge in [0, 0.05) is 24.2 Å². The van der Waals surface area contributed by atoms with Gasteiger partial charge in [-0.1, -0.05) is 107 Å². The molecule has 0 amide bonds. The Hall–Kier alpha value is -1.77. The van der Waals surface area contributed by atoms with E-state index in [1.165, 1.54) is 139 Å². The summed E-state index contributed by atoms with van der Waals surface area (Å²) in [4.78, 5) is 11.6. The third-order valence-corrected chi connectivity index (χ3v) is 10.6. The molecule has 0 saturated heterocycles. The van der Waals surface area contributed by atoms with Crippen molar-refractivity contribution in [1.82, 2.24) is 0 Å². The van der Waals surface area contributed by atoms with Gasteiger partial charge in [0.1, 0.15) is 5.36 Å². The predicted molar refractivity (Wildman–Crippen MR) is 162 cm³/mol. The van der Waals surface area contributed by atoms with Gasteiger partial charge >= 0.3 is 0 Å². The largest absolute Gasteiger partial charge is 0.362 e. The van der Waals surface area contributed by atoms with E-state index in [4.69, 9.17) is 4.99 Å². The number of benzene rings is 1. The Morgan fingerprint density at radius 3 is 1.21 bits per heavy atom. The molecule has 38 heavy (non-hydrogen) atoms. The summed E-state index contributed by atoms with van der Waals surface area (Å²) < 4.78 is 0. The van der Waals surface area contributed by atoms with Crippen LogP contribution in [0.25, 0.3) is 0 Å². The summed E-state index contributed by atoms with van der Waals surface area (Å²) in [5.74, 6) is 0. The van der Waals surface area contributed by atoms with Gasteiger partial charge in [-0.3, -0.25) is 4.99 Å². The predicted octanol–water partition coefficient (Wildman–Crippen LogP) is 9.17. The van der Waals surface area contributed by atoms with Crippen LogP contribution in [0.5, 0.6) is 0 Å². The maximum atomic E-state index is 5.60. The summed E-state index contributed by atoms with van der Waals surface area (Å²) in [7, 11) is 0. The van der Waals surface area contributed by atoms with E-state index < -0.39 is 0 Å². The number of nitrogens with zero attached hydrogens (tertiary/aromatic N) is 3. The first-order valence-corrected chi connectivity index (χ1v) is 16.8. The van der Waals surface area contributed by atoms with Crippen molar-refractivity contribution in [2.75, 3.05) is 9.80 Å². The van der Waals surface area contributed by atoms with E-state index in [1.807, 2.05) is 0 Å². The third kappa shape index (κ3) is 5.87. The van der Waals surface area contributed by atoms with Gasteiger partial charge in [-0.05, 0) is 63.9 Å². The van der Waals surface area contributed by atoms with Crippen molar-refractivity contribution < 1.29 is 0 Å². The van der Waals surface area contributed by atoms with E-state index >= 15 is 0 Å². The Balaban J connectivity index is 1.42. The molecule has 4 aliphatic carbocycles. The first-order valence-electron chi connectivity index (χ1n) is 16.8. The average molecular weight is 516 g/mol. The molecule has 208 valence electrons. The fraction of sp³-hybridized carbons (Fsp3) is 0.743. The molecule has 4 saturated carbocycles. The monoisotopic (exact) mass is 515 g/mol. The van der Waals surface area contributed by atoms with Crippen molar-refractivity contribution in [3.05, 3.63) is 41.3 Å². The zero-order chi connectivity index (χ0) is 25.7. The highest BCUT2D eigenvalue weighted by Crippen LogP contribution is 2.46. The van der Waals surface area contributed by atoms with E-state index in [2.05, 4.69) is 47.1 Å². The second-order valence-electron chi connectivity index (χ2n) is 13.2. The van der Waals surface area contributed by atoms with Crippen LogP contribution in [0.2, 0.25) is 0 Å². The molecule has 3 nitrogen and oxygen atoms in total.